The van der Waals surface area contributed by atoms with E-state index in [1.54, 1.807) is 6.07 Å². The molecule has 0 spiro atoms. The lowest BCUT2D eigenvalue weighted by atomic mass is 10.0. The summed E-state index contributed by atoms with van der Waals surface area (Å²) in [5.74, 6) is -0.298. The molecule has 3 heteroatoms. The van der Waals surface area contributed by atoms with E-state index in [-0.39, 0.29) is 11.9 Å². The Bertz CT molecular complexity index is 319. The predicted octanol–water partition coefficient (Wildman–Crippen LogP) is 2.84. The van der Waals surface area contributed by atoms with Crippen LogP contribution in [0.25, 0.3) is 0 Å². The average molecular weight is 208 g/mol. The highest BCUT2D eigenvalue weighted by atomic mass is 19.1. The smallest absolute Gasteiger partial charge is 0.141 e. The fourth-order valence-corrected chi connectivity index (χ4v) is 1.42. The third kappa shape index (κ3) is 3.80. The molecule has 0 aliphatic rings. The van der Waals surface area contributed by atoms with Gasteiger partial charge in [0.15, 0.2) is 0 Å². The van der Waals surface area contributed by atoms with Gasteiger partial charge in [-0.3, -0.25) is 4.98 Å². The van der Waals surface area contributed by atoms with Crippen molar-refractivity contribution in [1.29, 1.82) is 0 Å². The quantitative estimate of drug-likeness (QED) is 0.753. The molecular weight excluding hydrogens is 191 g/mol. The fourth-order valence-electron chi connectivity index (χ4n) is 1.42. The van der Waals surface area contributed by atoms with Gasteiger partial charge in [-0.1, -0.05) is 5.57 Å². The first kappa shape index (κ1) is 11.9. The summed E-state index contributed by atoms with van der Waals surface area (Å²) >= 11 is 0. The molecule has 1 aromatic heterocycles. The summed E-state index contributed by atoms with van der Waals surface area (Å²) in [4.78, 5) is 4.06. The van der Waals surface area contributed by atoms with Gasteiger partial charge in [0.05, 0.1) is 11.9 Å². The normalized spacial score (nSPS) is 12.5. The van der Waals surface area contributed by atoms with Gasteiger partial charge in [-0.25, -0.2) is 4.39 Å². The number of aromatic nitrogens is 1. The molecule has 0 amide bonds. The second-order valence-corrected chi connectivity index (χ2v) is 3.74. The van der Waals surface area contributed by atoms with E-state index < -0.39 is 0 Å². The van der Waals surface area contributed by atoms with E-state index in [1.807, 2.05) is 14.0 Å². The van der Waals surface area contributed by atoms with E-state index in [0.717, 1.165) is 24.1 Å². The Hall–Kier alpha value is -1.22. The number of pyridine rings is 1. The van der Waals surface area contributed by atoms with Gasteiger partial charge in [0, 0.05) is 6.04 Å². The summed E-state index contributed by atoms with van der Waals surface area (Å²) in [5.41, 5.74) is 2.03. The lowest BCUT2D eigenvalue weighted by molar-refractivity contribution is 0.530. The molecule has 0 bridgehead atoms. The molecule has 1 unspecified atom stereocenters. The summed E-state index contributed by atoms with van der Waals surface area (Å²) in [6, 6.07) is 3.32. The lowest BCUT2D eigenvalue weighted by Gasteiger charge is -2.15. The van der Waals surface area contributed by atoms with Crippen LogP contribution >= 0.6 is 0 Å². The van der Waals surface area contributed by atoms with E-state index in [0.29, 0.717) is 0 Å². The maximum Gasteiger partial charge on any atom is 0.141 e. The highest BCUT2D eigenvalue weighted by molar-refractivity contribution is 5.10. The topological polar surface area (TPSA) is 24.9 Å². The number of hydrogen-bond donors (Lipinski definition) is 1. The molecule has 0 aliphatic heterocycles. The zero-order valence-electron chi connectivity index (χ0n) is 9.26. The molecule has 1 heterocycles. The summed E-state index contributed by atoms with van der Waals surface area (Å²) < 4.78 is 12.7. The van der Waals surface area contributed by atoms with Crippen molar-refractivity contribution >= 4 is 0 Å². The minimum absolute atomic E-state index is 0.169. The second kappa shape index (κ2) is 5.61. The Balaban J connectivity index is 2.65. The molecule has 2 nitrogen and oxygen atoms in total. The minimum atomic E-state index is -0.298. The Morgan fingerprint density at radius 1 is 1.60 bits per heavy atom. The van der Waals surface area contributed by atoms with Gasteiger partial charge in [-0.2, -0.15) is 0 Å². The molecule has 1 rings (SSSR count). The highest BCUT2D eigenvalue weighted by Crippen LogP contribution is 2.18. The summed E-state index contributed by atoms with van der Waals surface area (Å²) in [7, 11) is 1.88. The molecule has 82 valence electrons. The van der Waals surface area contributed by atoms with E-state index in [2.05, 4.69) is 16.9 Å². The van der Waals surface area contributed by atoms with Crippen LogP contribution in [0.4, 0.5) is 4.39 Å². The van der Waals surface area contributed by atoms with Crippen LogP contribution in [-0.4, -0.2) is 12.0 Å². The number of allylic oxidation sites excluding steroid dienone is 1. The van der Waals surface area contributed by atoms with Crippen LogP contribution < -0.4 is 5.32 Å². The zero-order valence-corrected chi connectivity index (χ0v) is 9.26. The predicted molar refractivity (Wildman–Crippen MR) is 60.0 cm³/mol. The molecule has 0 radical (unpaired) electrons. The molecule has 1 N–H and O–H groups in total. The monoisotopic (exact) mass is 208 g/mol. The zero-order chi connectivity index (χ0) is 11.3. The van der Waals surface area contributed by atoms with Gasteiger partial charge in [0.25, 0.3) is 0 Å². The van der Waals surface area contributed by atoms with Crippen molar-refractivity contribution in [2.75, 3.05) is 7.05 Å². The molecule has 1 aromatic rings. The first-order chi connectivity index (χ1) is 7.13. The first-order valence-corrected chi connectivity index (χ1v) is 5.06. The van der Waals surface area contributed by atoms with E-state index in [9.17, 15) is 4.39 Å². The fraction of sp³-hybridized carbons (Fsp3) is 0.417. The van der Waals surface area contributed by atoms with Crippen molar-refractivity contribution in [3.8, 4) is 0 Å². The van der Waals surface area contributed by atoms with Crippen molar-refractivity contribution in [1.82, 2.24) is 10.3 Å². The Morgan fingerprint density at radius 3 is 2.80 bits per heavy atom. The van der Waals surface area contributed by atoms with Crippen LogP contribution in [0.3, 0.4) is 0 Å². The second-order valence-electron chi connectivity index (χ2n) is 3.74. The van der Waals surface area contributed by atoms with Crippen LogP contribution in [0.5, 0.6) is 0 Å². The van der Waals surface area contributed by atoms with Crippen molar-refractivity contribution in [3.05, 3.63) is 42.0 Å². The summed E-state index contributed by atoms with van der Waals surface area (Å²) in [6.45, 7) is 5.87. The lowest BCUT2D eigenvalue weighted by Crippen LogP contribution is -2.17. The molecule has 0 aromatic carbocycles. The standard InChI is InChI=1S/C12H17FN2/c1-9(2)4-6-11(14-3)12-7-5-10(13)8-15-12/h5,7-8,11,14H,1,4,6H2,2-3H3. The van der Waals surface area contributed by atoms with Crippen molar-refractivity contribution in [2.45, 2.75) is 25.8 Å². The third-order valence-electron chi connectivity index (χ3n) is 2.32. The summed E-state index contributed by atoms with van der Waals surface area (Å²) in [6.07, 6.45) is 3.13. The van der Waals surface area contributed by atoms with Crippen LogP contribution in [0.2, 0.25) is 0 Å². The number of hydrogen-bond acceptors (Lipinski definition) is 2. The Labute approximate surface area is 90.2 Å². The maximum absolute atomic E-state index is 12.7. The SMILES string of the molecule is C=C(C)CCC(NC)c1ccc(F)cn1. The molecule has 0 aliphatic carbocycles. The maximum atomic E-state index is 12.7. The van der Waals surface area contributed by atoms with Gasteiger partial charge in [0.1, 0.15) is 5.82 Å². The molecule has 0 saturated carbocycles. The number of nitrogens with zero attached hydrogens (tertiary/aromatic N) is 1. The van der Waals surface area contributed by atoms with Gasteiger partial charge in [-0.05, 0) is 38.9 Å². The van der Waals surface area contributed by atoms with E-state index >= 15 is 0 Å². The van der Waals surface area contributed by atoms with Crippen LogP contribution in [0.1, 0.15) is 31.5 Å². The molecule has 0 saturated heterocycles. The molecule has 0 fully saturated rings. The number of nitrogens with one attached hydrogen (secondary N) is 1. The van der Waals surface area contributed by atoms with Gasteiger partial charge in [-0.15, -0.1) is 6.58 Å². The number of halogens is 1. The molecule has 1 atom stereocenters. The Morgan fingerprint density at radius 2 is 2.33 bits per heavy atom. The van der Waals surface area contributed by atoms with Gasteiger partial charge >= 0.3 is 0 Å². The van der Waals surface area contributed by atoms with Crippen LogP contribution in [0, 0.1) is 5.82 Å². The van der Waals surface area contributed by atoms with Crippen molar-refractivity contribution in [2.24, 2.45) is 0 Å². The van der Waals surface area contributed by atoms with Crippen LogP contribution in [0.15, 0.2) is 30.5 Å². The summed E-state index contributed by atoms with van der Waals surface area (Å²) in [5, 5.41) is 3.17. The van der Waals surface area contributed by atoms with Crippen molar-refractivity contribution < 1.29 is 4.39 Å². The highest BCUT2D eigenvalue weighted by Gasteiger charge is 2.10. The van der Waals surface area contributed by atoms with Gasteiger partial charge in [0.2, 0.25) is 0 Å². The molecular formula is C12H17FN2. The first-order valence-electron chi connectivity index (χ1n) is 5.06. The van der Waals surface area contributed by atoms with Gasteiger partial charge < -0.3 is 5.32 Å². The minimum Gasteiger partial charge on any atom is -0.312 e. The average Bonchev–Trinajstić information content (AvgIpc) is 2.21. The van der Waals surface area contributed by atoms with E-state index in [1.165, 1.54) is 12.3 Å². The molecule has 15 heavy (non-hydrogen) atoms. The largest absolute Gasteiger partial charge is 0.312 e. The van der Waals surface area contributed by atoms with Crippen molar-refractivity contribution in [3.63, 3.8) is 0 Å². The third-order valence-corrected chi connectivity index (χ3v) is 2.32. The number of rotatable bonds is 5. The van der Waals surface area contributed by atoms with E-state index in [4.69, 9.17) is 0 Å². The Kier molecular flexibility index (Phi) is 4.43. The van der Waals surface area contributed by atoms with Crippen LogP contribution in [-0.2, 0) is 0 Å².